The van der Waals surface area contributed by atoms with Crippen molar-refractivity contribution < 1.29 is 9.59 Å². The van der Waals surface area contributed by atoms with Crippen molar-refractivity contribution in [3.8, 4) is 11.4 Å². The molecule has 0 radical (unpaired) electrons. The number of rotatable bonds is 7. The zero-order valence-electron chi connectivity index (χ0n) is 17.2. The lowest BCUT2D eigenvalue weighted by Crippen LogP contribution is -2.20. The number of carbonyl (C=O) groups excluding carboxylic acids is 2. The largest absolute Gasteiger partial charge is 0.335 e. The Morgan fingerprint density at radius 3 is 2.48 bits per heavy atom. The molecule has 3 aromatic carbocycles. The SMILES string of the molecule is Nn1c(SCC(=O)Nc2ccccc2C(=O)Nc2ccccc2)nnc1-c1cccc(Cl)c1. The highest BCUT2D eigenvalue weighted by atomic mass is 35.5. The van der Waals surface area contributed by atoms with Crippen molar-refractivity contribution in [1.29, 1.82) is 0 Å². The Morgan fingerprint density at radius 1 is 0.939 bits per heavy atom. The smallest absolute Gasteiger partial charge is 0.257 e. The number of amides is 2. The second kappa shape index (κ2) is 10.2. The molecule has 166 valence electrons. The van der Waals surface area contributed by atoms with Gasteiger partial charge >= 0.3 is 0 Å². The van der Waals surface area contributed by atoms with Crippen LogP contribution < -0.4 is 16.5 Å². The molecule has 0 aliphatic heterocycles. The van der Waals surface area contributed by atoms with Gasteiger partial charge in [0.15, 0.2) is 5.82 Å². The Balaban J connectivity index is 1.41. The van der Waals surface area contributed by atoms with Gasteiger partial charge in [0.1, 0.15) is 0 Å². The molecule has 0 fully saturated rings. The number of halogens is 1. The van der Waals surface area contributed by atoms with Gasteiger partial charge in [-0.25, -0.2) is 4.68 Å². The van der Waals surface area contributed by atoms with Gasteiger partial charge < -0.3 is 16.5 Å². The molecule has 0 saturated heterocycles. The van der Waals surface area contributed by atoms with E-state index in [-0.39, 0.29) is 17.6 Å². The van der Waals surface area contributed by atoms with Gasteiger partial charge in [-0.15, -0.1) is 10.2 Å². The maximum Gasteiger partial charge on any atom is 0.257 e. The molecule has 2 amide bonds. The van der Waals surface area contributed by atoms with E-state index in [1.165, 1.54) is 4.68 Å². The number of nitrogens with one attached hydrogen (secondary N) is 2. The van der Waals surface area contributed by atoms with Gasteiger partial charge in [-0.05, 0) is 36.4 Å². The van der Waals surface area contributed by atoms with Crippen LogP contribution in [0.4, 0.5) is 11.4 Å². The fraction of sp³-hybridized carbons (Fsp3) is 0.0435. The van der Waals surface area contributed by atoms with Crippen molar-refractivity contribution in [1.82, 2.24) is 14.9 Å². The van der Waals surface area contributed by atoms with E-state index in [2.05, 4.69) is 20.8 Å². The number of nitrogen functional groups attached to an aromatic ring is 1. The summed E-state index contributed by atoms with van der Waals surface area (Å²) in [6.07, 6.45) is 0. The van der Waals surface area contributed by atoms with E-state index in [1.54, 1.807) is 54.6 Å². The predicted molar refractivity (Wildman–Crippen MR) is 131 cm³/mol. The Kier molecular flexibility index (Phi) is 6.92. The lowest BCUT2D eigenvalue weighted by atomic mass is 10.1. The fourth-order valence-corrected chi connectivity index (χ4v) is 3.87. The predicted octanol–water partition coefficient (Wildman–Crippen LogP) is 4.30. The minimum absolute atomic E-state index is 0.0273. The molecule has 4 rings (SSSR count). The summed E-state index contributed by atoms with van der Waals surface area (Å²) < 4.78 is 1.31. The molecule has 4 N–H and O–H groups in total. The molecule has 0 spiro atoms. The number of thioether (sulfide) groups is 1. The monoisotopic (exact) mass is 478 g/mol. The minimum Gasteiger partial charge on any atom is -0.335 e. The summed E-state index contributed by atoms with van der Waals surface area (Å²) in [5, 5.41) is 14.7. The number of anilines is 2. The summed E-state index contributed by atoms with van der Waals surface area (Å²) >= 11 is 7.16. The number of hydrogen-bond acceptors (Lipinski definition) is 6. The summed E-state index contributed by atoms with van der Waals surface area (Å²) in [5.74, 6) is 5.93. The molecule has 8 nitrogen and oxygen atoms in total. The third-order valence-corrected chi connectivity index (χ3v) is 5.74. The molecule has 1 heterocycles. The molecule has 10 heteroatoms. The van der Waals surface area contributed by atoms with E-state index >= 15 is 0 Å². The molecule has 0 atom stereocenters. The average molecular weight is 479 g/mol. The molecule has 0 unspecified atom stereocenters. The van der Waals surface area contributed by atoms with E-state index in [0.717, 1.165) is 11.8 Å². The van der Waals surface area contributed by atoms with Gasteiger partial charge in [0.2, 0.25) is 11.1 Å². The third kappa shape index (κ3) is 5.51. The maximum absolute atomic E-state index is 12.7. The molecule has 0 bridgehead atoms. The van der Waals surface area contributed by atoms with Crippen molar-refractivity contribution in [3.05, 3.63) is 89.4 Å². The van der Waals surface area contributed by atoms with Crippen LogP contribution in [0.2, 0.25) is 5.02 Å². The van der Waals surface area contributed by atoms with Crippen LogP contribution in [0.5, 0.6) is 0 Å². The first-order chi connectivity index (χ1) is 16.0. The second-order valence-corrected chi connectivity index (χ2v) is 8.27. The normalized spacial score (nSPS) is 10.6. The molecular formula is C23H19ClN6O2S. The number of nitrogens with zero attached hydrogens (tertiary/aromatic N) is 3. The zero-order chi connectivity index (χ0) is 23.2. The topological polar surface area (TPSA) is 115 Å². The summed E-state index contributed by atoms with van der Waals surface area (Å²) in [5.41, 5.74) is 2.14. The summed E-state index contributed by atoms with van der Waals surface area (Å²) in [6.45, 7) is 0. The molecular weight excluding hydrogens is 460 g/mol. The summed E-state index contributed by atoms with van der Waals surface area (Å²) in [6, 6.07) is 23.0. The van der Waals surface area contributed by atoms with Crippen LogP contribution in [0.3, 0.4) is 0 Å². The van der Waals surface area contributed by atoms with Crippen LogP contribution in [0.15, 0.2) is 84.0 Å². The standard InChI is InChI=1S/C23H19ClN6O2S/c24-16-8-6-7-15(13-16)21-28-29-23(30(21)25)33-14-20(31)27-19-12-5-4-11-18(19)22(32)26-17-9-2-1-3-10-17/h1-13H,14,25H2,(H,26,32)(H,27,31). The van der Waals surface area contributed by atoms with E-state index in [9.17, 15) is 9.59 Å². The van der Waals surface area contributed by atoms with Gasteiger partial charge in [0.05, 0.1) is 17.0 Å². The van der Waals surface area contributed by atoms with Crippen LogP contribution >= 0.6 is 23.4 Å². The number of aromatic nitrogens is 3. The van der Waals surface area contributed by atoms with Crippen LogP contribution in [0, 0.1) is 0 Å². The number of benzene rings is 3. The van der Waals surface area contributed by atoms with Crippen LogP contribution in [-0.2, 0) is 4.79 Å². The van der Waals surface area contributed by atoms with Crippen molar-refractivity contribution >= 4 is 46.6 Å². The van der Waals surface area contributed by atoms with Crippen molar-refractivity contribution in [2.75, 3.05) is 22.2 Å². The first-order valence-corrected chi connectivity index (χ1v) is 11.2. The molecule has 0 saturated carbocycles. The number of nitrogens with two attached hydrogens (primary N) is 1. The summed E-state index contributed by atoms with van der Waals surface area (Å²) in [7, 11) is 0. The van der Waals surface area contributed by atoms with Gasteiger partial charge in [-0.2, -0.15) is 0 Å². The maximum atomic E-state index is 12.7. The highest BCUT2D eigenvalue weighted by Crippen LogP contribution is 2.24. The van der Waals surface area contributed by atoms with Gasteiger partial charge in [-0.3, -0.25) is 9.59 Å². The Hall–Kier alpha value is -3.82. The van der Waals surface area contributed by atoms with E-state index in [4.69, 9.17) is 17.4 Å². The quantitative estimate of drug-likeness (QED) is 0.269. The van der Waals surface area contributed by atoms with Crippen LogP contribution in [-0.4, -0.2) is 32.4 Å². The molecule has 1 aromatic heterocycles. The van der Waals surface area contributed by atoms with Crippen molar-refractivity contribution in [3.63, 3.8) is 0 Å². The molecule has 33 heavy (non-hydrogen) atoms. The average Bonchev–Trinajstić information content (AvgIpc) is 3.19. The van der Waals surface area contributed by atoms with Gasteiger partial charge in [0.25, 0.3) is 5.91 Å². The molecule has 0 aliphatic rings. The van der Waals surface area contributed by atoms with Crippen molar-refractivity contribution in [2.24, 2.45) is 0 Å². The Morgan fingerprint density at radius 2 is 1.70 bits per heavy atom. The third-order valence-electron chi connectivity index (χ3n) is 4.56. The van der Waals surface area contributed by atoms with Crippen LogP contribution in [0.25, 0.3) is 11.4 Å². The zero-order valence-corrected chi connectivity index (χ0v) is 18.8. The number of para-hydroxylation sites is 2. The Labute approximate surface area is 199 Å². The minimum atomic E-state index is -0.322. The highest BCUT2D eigenvalue weighted by molar-refractivity contribution is 7.99. The lowest BCUT2D eigenvalue weighted by molar-refractivity contribution is -0.113. The second-order valence-electron chi connectivity index (χ2n) is 6.89. The highest BCUT2D eigenvalue weighted by Gasteiger charge is 2.16. The van der Waals surface area contributed by atoms with E-state index in [0.29, 0.717) is 38.5 Å². The lowest BCUT2D eigenvalue weighted by Gasteiger charge is -2.11. The van der Waals surface area contributed by atoms with Gasteiger partial charge in [0, 0.05) is 16.3 Å². The summed E-state index contributed by atoms with van der Waals surface area (Å²) in [4.78, 5) is 25.3. The molecule has 4 aromatic rings. The Bertz CT molecular complexity index is 1300. The van der Waals surface area contributed by atoms with Crippen molar-refractivity contribution in [2.45, 2.75) is 5.16 Å². The number of hydrogen-bond donors (Lipinski definition) is 3. The fourth-order valence-electron chi connectivity index (χ4n) is 3.03. The first-order valence-electron chi connectivity index (χ1n) is 9.86. The van der Waals surface area contributed by atoms with Crippen LogP contribution in [0.1, 0.15) is 10.4 Å². The number of carbonyl (C=O) groups is 2. The van der Waals surface area contributed by atoms with E-state index < -0.39 is 0 Å². The van der Waals surface area contributed by atoms with Gasteiger partial charge in [-0.1, -0.05) is 65.8 Å². The molecule has 0 aliphatic carbocycles. The first kappa shape index (κ1) is 22.4. The van der Waals surface area contributed by atoms with E-state index in [1.807, 2.05) is 24.3 Å².